The molecule has 0 aliphatic carbocycles. The zero-order valence-corrected chi connectivity index (χ0v) is 10.4. The third-order valence-corrected chi connectivity index (χ3v) is 2.83. The summed E-state index contributed by atoms with van der Waals surface area (Å²) in [5.41, 5.74) is 0.999. The van der Waals surface area contributed by atoms with Crippen molar-refractivity contribution in [3.05, 3.63) is 23.8 Å². The highest BCUT2D eigenvalue weighted by atomic mass is 16.7. The van der Waals surface area contributed by atoms with Crippen LogP contribution in [0.1, 0.15) is 18.4 Å². The number of hydrogen-bond acceptors (Lipinski definition) is 4. The number of carbonyl (C=O) groups is 1. The summed E-state index contributed by atoms with van der Waals surface area (Å²) in [4.78, 5) is 13.3. The van der Waals surface area contributed by atoms with Crippen LogP contribution in [0.5, 0.6) is 11.5 Å². The lowest BCUT2D eigenvalue weighted by molar-refractivity contribution is -0.130. The molecule has 0 spiro atoms. The highest BCUT2D eigenvalue weighted by Crippen LogP contribution is 2.32. The third-order valence-electron chi connectivity index (χ3n) is 2.83. The molecular weight excluding hydrogens is 234 g/mol. The Morgan fingerprint density at radius 1 is 1.39 bits per heavy atom. The van der Waals surface area contributed by atoms with E-state index in [-0.39, 0.29) is 19.3 Å². The first-order valence-corrected chi connectivity index (χ1v) is 5.94. The van der Waals surface area contributed by atoms with E-state index in [9.17, 15) is 4.79 Å². The fourth-order valence-corrected chi connectivity index (χ4v) is 1.82. The highest BCUT2D eigenvalue weighted by Gasteiger charge is 2.15. The number of carbonyl (C=O) groups excluding carboxylic acids is 1. The van der Waals surface area contributed by atoms with Crippen LogP contribution in [0.25, 0.3) is 0 Å². The van der Waals surface area contributed by atoms with Crippen molar-refractivity contribution < 1.29 is 19.4 Å². The van der Waals surface area contributed by atoms with Crippen LogP contribution in [0.3, 0.4) is 0 Å². The van der Waals surface area contributed by atoms with E-state index in [1.54, 1.807) is 11.9 Å². The van der Waals surface area contributed by atoms with E-state index in [0.29, 0.717) is 19.4 Å². The largest absolute Gasteiger partial charge is 0.454 e. The Hall–Kier alpha value is -1.75. The topological polar surface area (TPSA) is 59.0 Å². The molecular formula is C13H17NO4. The fourth-order valence-electron chi connectivity index (χ4n) is 1.82. The molecule has 0 fully saturated rings. The summed E-state index contributed by atoms with van der Waals surface area (Å²) < 4.78 is 10.5. The number of aliphatic hydroxyl groups excluding tert-OH is 1. The average Bonchev–Trinajstić information content (AvgIpc) is 2.83. The second-order valence-electron chi connectivity index (χ2n) is 4.26. The van der Waals surface area contributed by atoms with E-state index >= 15 is 0 Å². The smallest absolute Gasteiger partial charge is 0.231 e. The molecule has 0 bridgehead atoms. The summed E-state index contributed by atoms with van der Waals surface area (Å²) in [7, 11) is 1.75. The quantitative estimate of drug-likeness (QED) is 0.852. The Morgan fingerprint density at radius 3 is 2.94 bits per heavy atom. The molecule has 0 radical (unpaired) electrons. The molecule has 0 aromatic heterocycles. The van der Waals surface area contributed by atoms with Gasteiger partial charge in [-0.2, -0.15) is 0 Å². The molecule has 2 rings (SSSR count). The highest BCUT2D eigenvalue weighted by molar-refractivity contribution is 5.75. The van der Waals surface area contributed by atoms with Gasteiger partial charge in [0.15, 0.2) is 11.5 Å². The lowest BCUT2D eigenvalue weighted by atomic mass is 10.2. The van der Waals surface area contributed by atoms with Gasteiger partial charge in [-0.15, -0.1) is 0 Å². The van der Waals surface area contributed by atoms with Gasteiger partial charge in [0.05, 0.1) is 0 Å². The van der Waals surface area contributed by atoms with E-state index in [0.717, 1.165) is 17.1 Å². The maximum atomic E-state index is 11.7. The molecule has 1 aromatic rings. The van der Waals surface area contributed by atoms with Gasteiger partial charge in [0.1, 0.15) is 0 Å². The fraction of sp³-hybridized carbons (Fsp3) is 0.462. The van der Waals surface area contributed by atoms with Crippen LogP contribution in [0, 0.1) is 0 Å². The normalized spacial score (nSPS) is 12.6. The maximum Gasteiger partial charge on any atom is 0.231 e. The molecule has 1 aliphatic rings. The van der Waals surface area contributed by atoms with Crippen molar-refractivity contribution in [2.24, 2.45) is 0 Å². The molecule has 5 nitrogen and oxygen atoms in total. The first-order valence-electron chi connectivity index (χ1n) is 5.94. The van der Waals surface area contributed by atoms with Gasteiger partial charge in [-0.1, -0.05) is 6.07 Å². The number of benzene rings is 1. The van der Waals surface area contributed by atoms with Gasteiger partial charge in [-0.05, 0) is 24.1 Å². The van der Waals surface area contributed by atoms with Gasteiger partial charge in [0.2, 0.25) is 12.7 Å². The van der Waals surface area contributed by atoms with E-state index in [1.165, 1.54) is 0 Å². The molecule has 1 aliphatic heterocycles. The Morgan fingerprint density at radius 2 is 2.17 bits per heavy atom. The van der Waals surface area contributed by atoms with E-state index in [1.807, 2.05) is 18.2 Å². The predicted molar refractivity (Wildman–Crippen MR) is 65.4 cm³/mol. The first-order chi connectivity index (χ1) is 8.70. The van der Waals surface area contributed by atoms with E-state index < -0.39 is 0 Å². The summed E-state index contributed by atoms with van der Waals surface area (Å²) in [6.07, 6.45) is 0.877. The molecule has 1 amide bonds. The van der Waals surface area contributed by atoms with Crippen LogP contribution in [-0.2, 0) is 11.3 Å². The summed E-state index contributed by atoms with van der Waals surface area (Å²) in [5.74, 6) is 1.50. The molecule has 1 aromatic carbocycles. The van der Waals surface area contributed by atoms with Crippen molar-refractivity contribution in [2.75, 3.05) is 20.4 Å². The van der Waals surface area contributed by atoms with Crippen molar-refractivity contribution in [3.8, 4) is 11.5 Å². The second kappa shape index (κ2) is 5.73. The molecule has 18 heavy (non-hydrogen) atoms. The molecule has 0 saturated carbocycles. The minimum absolute atomic E-state index is 0.0294. The number of aliphatic hydroxyl groups is 1. The Labute approximate surface area is 106 Å². The lowest BCUT2D eigenvalue weighted by Crippen LogP contribution is -2.26. The van der Waals surface area contributed by atoms with Gasteiger partial charge in [-0.3, -0.25) is 4.79 Å². The maximum absolute atomic E-state index is 11.7. The van der Waals surface area contributed by atoms with Crippen molar-refractivity contribution in [1.82, 2.24) is 4.90 Å². The Bertz CT molecular complexity index is 433. The molecule has 1 heterocycles. The van der Waals surface area contributed by atoms with Gasteiger partial charge in [0.25, 0.3) is 0 Å². The van der Waals surface area contributed by atoms with Gasteiger partial charge in [0, 0.05) is 26.6 Å². The number of fused-ring (bicyclic) bond motifs is 1. The Kier molecular flexibility index (Phi) is 4.04. The third kappa shape index (κ3) is 2.92. The monoisotopic (exact) mass is 251 g/mol. The SMILES string of the molecule is CN(Cc1ccc2c(c1)OCO2)C(=O)CCCO. The van der Waals surface area contributed by atoms with Crippen LogP contribution in [0.4, 0.5) is 0 Å². The average molecular weight is 251 g/mol. The molecule has 5 heteroatoms. The van der Waals surface area contributed by atoms with Crippen LogP contribution < -0.4 is 9.47 Å². The first kappa shape index (κ1) is 12.7. The number of nitrogens with zero attached hydrogens (tertiary/aromatic N) is 1. The zero-order chi connectivity index (χ0) is 13.0. The van der Waals surface area contributed by atoms with Crippen molar-refractivity contribution in [3.63, 3.8) is 0 Å². The van der Waals surface area contributed by atoms with Crippen molar-refractivity contribution in [2.45, 2.75) is 19.4 Å². The lowest BCUT2D eigenvalue weighted by Gasteiger charge is -2.17. The minimum atomic E-state index is 0.0294. The van der Waals surface area contributed by atoms with Crippen molar-refractivity contribution >= 4 is 5.91 Å². The van der Waals surface area contributed by atoms with Crippen molar-refractivity contribution in [1.29, 1.82) is 0 Å². The molecule has 0 saturated heterocycles. The standard InChI is InChI=1S/C13H17NO4/c1-14(13(16)3-2-6-15)8-10-4-5-11-12(7-10)18-9-17-11/h4-5,7,15H,2-3,6,8-9H2,1H3. The molecule has 0 unspecified atom stereocenters. The summed E-state index contributed by atoms with van der Waals surface area (Å²) in [6, 6.07) is 5.66. The minimum Gasteiger partial charge on any atom is -0.454 e. The number of ether oxygens (including phenoxy) is 2. The Balaban J connectivity index is 1.94. The van der Waals surface area contributed by atoms with Gasteiger partial charge in [-0.25, -0.2) is 0 Å². The number of amides is 1. The van der Waals surface area contributed by atoms with Gasteiger partial charge >= 0.3 is 0 Å². The van der Waals surface area contributed by atoms with Crippen LogP contribution in [0.15, 0.2) is 18.2 Å². The molecule has 0 atom stereocenters. The van der Waals surface area contributed by atoms with E-state index in [2.05, 4.69) is 0 Å². The number of rotatable bonds is 5. The summed E-state index contributed by atoms with van der Waals surface area (Å²) >= 11 is 0. The van der Waals surface area contributed by atoms with Gasteiger partial charge < -0.3 is 19.5 Å². The van der Waals surface area contributed by atoms with Crippen LogP contribution in [-0.4, -0.2) is 36.4 Å². The number of hydrogen-bond donors (Lipinski definition) is 1. The van der Waals surface area contributed by atoms with Crippen LogP contribution in [0.2, 0.25) is 0 Å². The summed E-state index contributed by atoms with van der Waals surface area (Å²) in [5, 5.41) is 8.69. The van der Waals surface area contributed by atoms with E-state index in [4.69, 9.17) is 14.6 Å². The zero-order valence-electron chi connectivity index (χ0n) is 10.4. The second-order valence-corrected chi connectivity index (χ2v) is 4.26. The van der Waals surface area contributed by atoms with Crippen LogP contribution >= 0.6 is 0 Å². The predicted octanol–water partition coefficient (Wildman–Crippen LogP) is 1.15. The molecule has 98 valence electrons. The molecule has 1 N–H and O–H groups in total. The summed E-state index contributed by atoms with van der Waals surface area (Å²) in [6.45, 7) is 0.828.